The molecule has 18 heavy (non-hydrogen) atoms. The lowest BCUT2D eigenvalue weighted by molar-refractivity contribution is -0.402. The first-order valence-electron chi connectivity index (χ1n) is 5.10. The molecule has 2 rings (SSSR count). The van der Waals surface area contributed by atoms with Crippen molar-refractivity contribution < 1.29 is 18.9 Å². The van der Waals surface area contributed by atoms with Crippen molar-refractivity contribution in [2.24, 2.45) is 0 Å². The number of aryl methyl sites for hydroxylation is 1. The van der Waals surface area contributed by atoms with Gasteiger partial charge in [-0.2, -0.15) is 0 Å². The first-order valence-corrected chi connectivity index (χ1v) is 5.10. The molecule has 0 saturated heterocycles. The van der Waals surface area contributed by atoms with E-state index in [1.807, 2.05) is 6.07 Å². The Balaban J connectivity index is 2.17. The third-order valence-corrected chi connectivity index (χ3v) is 2.27. The van der Waals surface area contributed by atoms with Gasteiger partial charge in [0.05, 0.1) is 6.07 Å². The van der Waals surface area contributed by atoms with E-state index < -0.39 is 16.8 Å². The normalized spacial score (nSPS) is 10.1. The Morgan fingerprint density at radius 3 is 2.61 bits per heavy atom. The van der Waals surface area contributed by atoms with Gasteiger partial charge in [0.1, 0.15) is 10.7 Å². The van der Waals surface area contributed by atoms with Crippen molar-refractivity contribution in [1.82, 2.24) is 0 Å². The molecule has 0 radical (unpaired) electrons. The Morgan fingerprint density at radius 1 is 1.28 bits per heavy atom. The summed E-state index contributed by atoms with van der Waals surface area (Å²) in [6, 6.07) is 9.26. The van der Waals surface area contributed by atoms with Crippen LogP contribution in [-0.4, -0.2) is 10.9 Å². The van der Waals surface area contributed by atoms with Crippen molar-refractivity contribution in [1.29, 1.82) is 0 Å². The van der Waals surface area contributed by atoms with Crippen molar-refractivity contribution in [3.05, 3.63) is 57.8 Å². The molecule has 0 unspecified atom stereocenters. The van der Waals surface area contributed by atoms with Gasteiger partial charge in [0.15, 0.2) is 0 Å². The van der Waals surface area contributed by atoms with Crippen LogP contribution in [0.3, 0.4) is 0 Å². The minimum atomic E-state index is -0.766. The van der Waals surface area contributed by atoms with Crippen LogP contribution in [0.15, 0.2) is 40.8 Å². The molecule has 1 heterocycles. The summed E-state index contributed by atoms with van der Waals surface area (Å²) in [5.41, 5.74) is 0.784. The van der Waals surface area contributed by atoms with Gasteiger partial charge in [0.25, 0.3) is 0 Å². The number of carbonyl (C=O) groups excluding carboxylic acids is 1. The zero-order valence-electron chi connectivity index (χ0n) is 9.45. The number of nitrogens with zero attached hydrogens (tertiary/aromatic N) is 1. The maximum atomic E-state index is 11.7. The lowest BCUT2D eigenvalue weighted by atomic mass is 10.2. The Morgan fingerprint density at radius 2 is 2.00 bits per heavy atom. The minimum Gasteiger partial charge on any atom is -0.420 e. The van der Waals surface area contributed by atoms with Gasteiger partial charge in [0, 0.05) is 0 Å². The lowest BCUT2D eigenvalue weighted by Gasteiger charge is -2.04. The average Bonchev–Trinajstić information content (AvgIpc) is 2.81. The second kappa shape index (κ2) is 4.70. The fourth-order valence-electron chi connectivity index (χ4n) is 1.36. The summed E-state index contributed by atoms with van der Waals surface area (Å²) in [5, 5.41) is 10.4. The zero-order valence-corrected chi connectivity index (χ0v) is 9.45. The monoisotopic (exact) mass is 247 g/mol. The summed E-state index contributed by atoms with van der Waals surface area (Å²) >= 11 is 0. The number of para-hydroxylation sites is 1. The minimum absolute atomic E-state index is 0.204. The van der Waals surface area contributed by atoms with E-state index in [9.17, 15) is 14.9 Å². The van der Waals surface area contributed by atoms with Crippen molar-refractivity contribution in [3.63, 3.8) is 0 Å². The number of carbonyl (C=O) groups is 1. The summed E-state index contributed by atoms with van der Waals surface area (Å²) in [6.45, 7) is 1.78. The first-order chi connectivity index (χ1) is 8.58. The molecule has 6 heteroatoms. The van der Waals surface area contributed by atoms with Crippen LogP contribution in [0.4, 0.5) is 5.88 Å². The number of furan rings is 1. The lowest BCUT2D eigenvalue weighted by Crippen LogP contribution is -2.08. The first kappa shape index (κ1) is 11.8. The summed E-state index contributed by atoms with van der Waals surface area (Å²) in [4.78, 5) is 21.4. The van der Waals surface area contributed by atoms with Gasteiger partial charge >= 0.3 is 11.9 Å². The molecule has 1 aromatic carbocycles. The Kier molecular flexibility index (Phi) is 3.09. The Hall–Kier alpha value is -2.63. The van der Waals surface area contributed by atoms with Crippen molar-refractivity contribution in [2.75, 3.05) is 0 Å². The molecule has 0 N–H and O–H groups in total. The molecule has 0 atom stereocenters. The second-order valence-electron chi connectivity index (χ2n) is 3.55. The van der Waals surface area contributed by atoms with Crippen LogP contribution < -0.4 is 4.74 Å². The standard InChI is InChI=1S/C12H9NO5/c1-8-4-2-3-5-9(8)18-12(14)10-6-7-11(17-10)13(15)16/h2-7H,1H3. The smallest absolute Gasteiger partial charge is 0.420 e. The van der Waals surface area contributed by atoms with Crippen LogP contribution in [-0.2, 0) is 0 Å². The predicted molar refractivity (Wildman–Crippen MR) is 61.5 cm³/mol. The van der Waals surface area contributed by atoms with Gasteiger partial charge < -0.3 is 9.15 Å². The summed E-state index contributed by atoms with van der Waals surface area (Å²) in [5.74, 6) is -1.07. The van der Waals surface area contributed by atoms with Gasteiger partial charge in [-0.3, -0.25) is 10.1 Å². The second-order valence-corrected chi connectivity index (χ2v) is 3.55. The van der Waals surface area contributed by atoms with Crippen LogP contribution in [0.25, 0.3) is 0 Å². The molecule has 0 spiro atoms. The molecule has 0 amide bonds. The molecule has 0 aliphatic heterocycles. The number of hydrogen-bond acceptors (Lipinski definition) is 5. The SMILES string of the molecule is Cc1ccccc1OC(=O)c1ccc([N+](=O)[O-])o1. The van der Waals surface area contributed by atoms with E-state index in [2.05, 4.69) is 0 Å². The maximum Gasteiger partial charge on any atom is 0.433 e. The quantitative estimate of drug-likeness (QED) is 0.360. The van der Waals surface area contributed by atoms with E-state index in [4.69, 9.17) is 9.15 Å². The highest BCUT2D eigenvalue weighted by Gasteiger charge is 2.19. The fraction of sp³-hybridized carbons (Fsp3) is 0.0833. The van der Waals surface area contributed by atoms with Gasteiger partial charge in [-0.05, 0) is 24.6 Å². The van der Waals surface area contributed by atoms with Crippen LogP contribution >= 0.6 is 0 Å². The van der Waals surface area contributed by atoms with Crippen LogP contribution in [0.1, 0.15) is 16.1 Å². The van der Waals surface area contributed by atoms with Gasteiger partial charge in [-0.15, -0.1) is 0 Å². The maximum absolute atomic E-state index is 11.7. The van der Waals surface area contributed by atoms with E-state index >= 15 is 0 Å². The van der Waals surface area contributed by atoms with E-state index in [1.165, 1.54) is 6.07 Å². The van der Waals surface area contributed by atoms with E-state index in [-0.39, 0.29) is 5.76 Å². The Bertz CT molecular complexity index is 602. The summed E-state index contributed by atoms with van der Waals surface area (Å²) in [6.07, 6.45) is 0. The van der Waals surface area contributed by atoms with Crippen molar-refractivity contribution in [3.8, 4) is 5.75 Å². The number of benzene rings is 1. The van der Waals surface area contributed by atoms with E-state index in [0.29, 0.717) is 5.75 Å². The number of nitro groups is 1. The van der Waals surface area contributed by atoms with Gasteiger partial charge in [0.2, 0.25) is 5.76 Å². The molecule has 0 fully saturated rings. The molecule has 1 aromatic heterocycles. The number of rotatable bonds is 3. The highest BCUT2D eigenvalue weighted by atomic mass is 16.7. The molecule has 6 nitrogen and oxygen atoms in total. The predicted octanol–water partition coefficient (Wildman–Crippen LogP) is 2.72. The van der Waals surface area contributed by atoms with E-state index in [0.717, 1.165) is 11.6 Å². The Labute approximate surface area is 102 Å². The van der Waals surface area contributed by atoms with Gasteiger partial charge in [-0.1, -0.05) is 18.2 Å². The number of ether oxygens (including phenoxy) is 1. The highest BCUT2D eigenvalue weighted by Crippen LogP contribution is 2.20. The fourth-order valence-corrected chi connectivity index (χ4v) is 1.36. The van der Waals surface area contributed by atoms with Crippen molar-refractivity contribution >= 4 is 11.9 Å². The molecular formula is C12H9NO5. The summed E-state index contributed by atoms with van der Waals surface area (Å²) in [7, 11) is 0. The summed E-state index contributed by atoms with van der Waals surface area (Å²) < 4.78 is 9.81. The molecular weight excluding hydrogens is 238 g/mol. The average molecular weight is 247 g/mol. The van der Waals surface area contributed by atoms with Crippen molar-refractivity contribution in [2.45, 2.75) is 6.92 Å². The van der Waals surface area contributed by atoms with Crippen LogP contribution in [0, 0.1) is 17.0 Å². The molecule has 2 aromatic rings. The molecule has 0 saturated carbocycles. The highest BCUT2D eigenvalue weighted by molar-refractivity contribution is 5.88. The van der Waals surface area contributed by atoms with Crippen LogP contribution in [0.5, 0.6) is 5.75 Å². The number of esters is 1. The number of hydrogen-bond donors (Lipinski definition) is 0. The largest absolute Gasteiger partial charge is 0.433 e. The topological polar surface area (TPSA) is 82.6 Å². The molecule has 92 valence electrons. The van der Waals surface area contributed by atoms with E-state index in [1.54, 1.807) is 25.1 Å². The zero-order chi connectivity index (χ0) is 13.1. The third-order valence-electron chi connectivity index (χ3n) is 2.27. The molecule has 0 aliphatic carbocycles. The third kappa shape index (κ3) is 2.37. The molecule has 0 aliphatic rings. The van der Waals surface area contributed by atoms with Crippen LogP contribution in [0.2, 0.25) is 0 Å². The van der Waals surface area contributed by atoms with Gasteiger partial charge in [-0.25, -0.2) is 4.79 Å². The molecule has 0 bridgehead atoms.